The van der Waals surface area contributed by atoms with Crippen LogP contribution < -0.4 is 4.90 Å². The zero-order valence-electron chi connectivity index (χ0n) is 10.6. The molecule has 5 heteroatoms. The summed E-state index contributed by atoms with van der Waals surface area (Å²) in [5.74, 6) is -0.856. The van der Waals surface area contributed by atoms with Crippen molar-refractivity contribution >= 4 is 32.7 Å². The molecule has 1 aromatic carbocycles. The standard InChI is InChI=1S/C14H16N2O2S/c17-13(18)10-4-3-8-16(9-7-10)14-15-11-5-1-2-6-12(11)19-14/h1-2,5-6,10H,3-4,7-9H2,(H,17,18). The van der Waals surface area contributed by atoms with Crippen molar-refractivity contribution in [2.75, 3.05) is 18.0 Å². The summed E-state index contributed by atoms with van der Waals surface area (Å²) in [6.45, 7) is 1.69. The number of nitrogens with zero attached hydrogens (tertiary/aromatic N) is 2. The molecule has 1 aromatic heterocycles. The topological polar surface area (TPSA) is 53.4 Å². The number of hydrogen-bond donors (Lipinski definition) is 1. The summed E-state index contributed by atoms with van der Waals surface area (Å²) in [6.07, 6.45) is 2.41. The van der Waals surface area contributed by atoms with E-state index in [1.165, 1.54) is 4.70 Å². The highest BCUT2D eigenvalue weighted by Crippen LogP contribution is 2.30. The molecule has 1 aliphatic heterocycles. The Labute approximate surface area is 115 Å². The lowest BCUT2D eigenvalue weighted by Crippen LogP contribution is -2.24. The summed E-state index contributed by atoms with van der Waals surface area (Å²) < 4.78 is 1.19. The molecule has 2 aromatic rings. The zero-order valence-corrected chi connectivity index (χ0v) is 11.4. The molecule has 0 aliphatic carbocycles. The van der Waals surface area contributed by atoms with E-state index >= 15 is 0 Å². The number of fused-ring (bicyclic) bond motifs is 1. The van der Waals surface area contributed by atoms with Gasteiger partial charge in [-0.1, -0.05) is 23.5 Å². The summed E-state index contributed by atoms with van der Waals surface area (Å²) in [4.78, 5) is 17.9. The molecule has 0 bridgehead atoms. The molecule has 2 heterocycles. The van der Waals surface area contributed by atoms with Gasteiger partial charge in [-0.3, -0.25) is 4.79 Å². The van der Waals surface area contributed by atoms with E-state index in [9.17, 15) is 4.79 Å². The van der Waals surface area contributed by atoms with Crippen molar-refractivity contribution in [3.05, 3.63) is 24.3 Å². The van der Waals surface area contributed by atoms with Crippen LogP contribution in [-0.2, 0) is 4.79 Å². The Hall–Kier alpha value is -1.62. The Morgan fingerprint density at radius 3 is 2.95 bits per heavy atom. The van der Waals surface area contributed by atoms with E-state index in [1.54, 1.807) is 11.3 Å². The lowest BCUT2D eigenvalue weighted by Gasteiger charge is -2.18. The minimum atomic E-state index is -0.661. The molecule has 1 atom stereocenters. The van der Waals surface area contributed by atoms with Crippen LogP contribution in [0.1, 0.15) is 19.3 Å². The second-order valence-corrected chi connectivity index (χ2v) is 5.93. The lowest BCUT2D eigenvalue weighted by atomic mass is 10.0. The Morgan fingerprint density at radius 1 is 1.32 bits per heavy atom. The van der Waals surface area contributed by atoms with Gasteiger partial charge < -0.3 is 10.0 Å². The second-order valence-electron chi connectivity index (χ2n) is 4.92. The van der Waals surface area contributed by atoms with Gasteiger partial charge in [-0.25, -0.2) is 4.98 Å². The van der Waals surface area contributed by atoms with Crippen molar-refractivity contribution in [3.8, 4) is 0 Å². The molecule has 1 saturated heterocycles. The predicted molar refractivity (Wildman–Crippen MR) is 76.8 cm³/mol. The molecule has 100 valence electrons. The number of hydrogen-bond acceptors (Lipinski definition) is 4. The zero-order chi connectivity index (χ0) is 13.2. The lowest BCUT2D eigenvalue weighted by molar-refractivity contribution is -0.142. The van der Waals surface area contributed by atoms with Gasteiger partial charge in [-0.2, -0.15) is 0 Å². The van der Waals surface area contributed by atoms with Crippen LogP contribution in [0.25, 0.3) is 10.2 Å². The molecule has 1 aliphatic rings. The van der Waals surface area contributed by atoms with Crippen LogP contribution in [0.3, 0.4) is 0 Å². The number of aromatic nitrogens is 1. The third kappa shape index (κ3) is 2.56. The largest absolute Gasteiger partial charge is 0.481 e. The van der Waals surface area contributed by atoms with Gasteiger partial charge in [-0.05, 0) is 31.4 Å². The number of aliphatic carboxylic acids is 1. The Kier molecular flexibility index (Phi) is 3.38. The number of carbonyl (C=O) groups is 1. The van der Waals surface area contributed by atoms with Crippen molar-refractivity contribution in [3.63, 3.8) is 0 Å². The first kappa shape index (κ1) is 12.4. The van der Waals surface area contributed by atoms with Crippen LogP contribution >= 0.6 is 11.3 Å². The Morgan fingerprint density at radius 2 is 2.16 bits per heavy atom. The van der Waals surface area contributed by atoms with Crippen LogP contribution in [-0.4, -0.2) is 29.1 Å². The Balaban J connectivity index is 1.80. The summed E-state index contributed by atoms with van der Waals surface area (Å²) in [5.41, 5.74) is 1.03. The van der Waals surface area contributed by atoms with Gasteiger partial charge in [0.1, 0.15) is 0 Å². The molecule has 0 saturated carbocycles. The van der Waals surface area contributed by atoms with Crippen molar-refractivity contribution in [1.82, 2.24) is 4.98 Å². The minimum absolute atomic E-state index is 0.195. The van der Waals surface area contributed by atoms with Crippen LogP contribution in [0.5, 0.6) is 0 Å². The summed E-state index contributed by atoms with van der Waals surface area (Å²) in [6, 6.07) is 8.11. The van der Waals surface area contributed by atoms with Gasteiger partial charge >= 0.3 is 5.97 Å². The fourth-order valence-corrected chi connectivity index (χ4v) is 3.55. The Bertz CT molecular complexity index is 563. The van der Waals surface area contributed by atoms with Crippen molar-refractivity contribution in [2.24, 2.45) is 5.92 Å². The normalized spacial score (nSPS) is 20.4. The molecule has 0 spiro atoms. The molecule has 1 N–H and O–H groups in total. The van der Waals surface area contributed by atoms with Gasteiger partial charge in [0.15, 0.2) is 5.13 Å². The number of carboxylic acid groups (broad SMARTS) is 1. The first-order valence-corrected chi connectivity index (χ1v) is 7.39. The SMILES string of the molecule is O=C(O)C1CCCN(c2nc3ccccc3s2)CC1. The third-order valence-electron chi connectivity index (χ3n) is 3.63. The highest BCUT2D eigenvalue weighted by Gasteiger charge is 2.23. The van der Waals surface area contributed by atoms with Crippen molar-refractivity contribution in [2.45, 2.75) is 19.3 Å². The molecule has 0 radical (unpaired) electrons. The van der Waals surface area contributed by atoms with E-state index in [0.29, 0.717) is 6.42 Å². The van der Waals surface area contributed by atoms with Crippen molar-refractivity contribution < 1.29 is 9.90 Å². The number of para-hydroxylation sites is 1. The summed E-state index contributed by atoms with van der Waals surface area (Å²) >= 11 is 1.69. The smallest absolute Gasteiger partial charge is 0.306 e. The monoisotopic (exact) mass is 276 g/mol. The van der Waals surface area contributed by atoms with E-state index in [4.69, 9.17) is 5.11 Å². The van der Waals surface area contributed by atoms with E-state index in [-0.39, 0.29) is 5.92 Å². The molecule has 19 heavy (non-hydrogen) atoms. The molecule has 1 unspecified atom stereocenters. The van der Waals surface area contributed by atoms with Crippen LogP contribution in [0, 0.1) is 5.92 Å². The van der Waals surface area contributed by atoms with Crippen LogP contribution in [0.2, 0.25) is 0 Å². The first-order valence-electron chi connectivity index (χ1n) is 6.57. The minimum Gasteiger partial charge on any atom is -0.481 e. The summed E-state index contributed by atoms with van der Waals surface area (Å²) in [7, 11) is 0. The van der Waals surface area contributed by atoms with E-state index in [2.05, 4.69) is 16.0 Å². The number of anilines is 1. The molecule has 1 fully saturated rings. The second kappa shape index (κ2) is 5.17. The van der Waals surface area contributed by atoms with E-state index < -0.39 is 5.97 Å². The van der Waals surface area contributed by atoms with Gasteiger partial charge in [0.2, 0.25) is 0 Å². The van der Waals surface area contributed by atoms with Gasteiger partial charge in [0, 0.05) is 13.1 Å². The maximum absolute atomic E-state index is 11.1. The van der Waals surface area contributed by atoms with Crippen LogP contribution in [0.4, 0.5) is 5.13 Å². The quantitative estimate of drug-likeness (QED) is 0.916. The number of benzene rings is 1. The fraction of sp³-hybridized carbons (Fsp3) is 0.429. The maximum atomic E-state index is 11.1. The van der Waals surface area contributed by atoms with Gasteiger partial charge in [0.25, 0.3) is 0 Å². The summed E-state index contributed by atoms with van der Waals surface area (Å²) in [5, 5.41) is 10.1. The molecular formula is C14H16N2O2S. The van der Waals surface area contributed by atoms with E-state index in [1.807, 2.05) is 18.2 Å². The number of thiazole rings is 1. The molecular weight excluding hydrogens is 260 g/mol. The average molecular weight is 276 g/mol. The van der Waals surface area contributed by atoms with Gasteiger partial charge in [-0.15, -0.1) is 0 Å². The van der Waals surface area contributed by atoms with Crippen LogP contribution in [0.15, 0.2) is 24.3 Å². The predicted octanol–water partition coefficient (Wildman–Crippen LogP) is 2.99. The van der Waals surface area contributed by atoms with E-state index in [0.717, 1.165) is 36.6 Å². The highest BCUT2D eigenvalue weighted by molar-refractivity contribution is 7.22. The highest BCUT2D eigenvalue weighted by atomic mass is 32.1. The number of carboxylic acids is 1. The third-order valence-corrected chi connectivity index (χ3v) is 4.73. The molecule has 4 nitrogen and oxygen atoms in total. The van der Waals surface area contributed by atoms with Crippen molar-refractivity contribution in [1.29, 1.82) is 0 Å². The van der Waals surface area contributed by atoms with Gasteiger partial charge in [0.05, 0.1) is 16.1 Å². The fourth-order valence-electron chi connectivity index (χ4n) is 2.53. The molecule has 3 rings (SSSR count). The first-order chi connectivity index (χ1) is 9.24. The maximum Gasteiger partial charge on any atom is 0.306 e. The average Bonchev–Trinajstić information content (AvgIpc) is 2.67. The molecule has 0 amide bonds. The number of rotatable bonds is 2.